The Hall–Kier alpha value is -1.13. The summed E-state index contributed by atoms with van der Waals surface area (Å²) in [6.45, 7) is 4.37. The molecule has 1 rings (SSSR count). The number of pyridine rings is 1. The number of aromatic nitrogens is 1. The molecule has 0 spiro atoms. The molecule has 1 aromatic rings. The van der Waals surface area contributed by atoms with E-state index in [4.69, 9.17) is 11.6 Å². The van der Waals surface area contributed by atoms with Crippen LogP contribution in [0, 0.1) is 5.92 Å². The zero-order valence-corrected chi connectivity index (χ0v) is 9.40. The monoisotopic (exact) mass is 208 g/mol. The van der Waals surface area contributed by atoms with Gasteiger partial charge in [0.15, 0.2) is 0 Å². The molecule has 0 aromatic carbocycles. The highest BCUT2D eigenvalue weighted by molar-refractivity contribution is 5.32. The summed E-state index contributed by atoms with van der Waals surface area (Å²) in [6.07, 6.45) is 3.67. The van der Waals surface area contributed by atoms with Crippen molar-refractivity contribution in [3.63, 3.8) is 0 Å². The first-order chi connectivity index (χ1) is 7.11. The van der Waals surface area contributed by atoms with Crippen molar-refractivity contribution >= 4 is 5.82 Å². The molecule has 1 atom stereocenters. The number of nitrogens with one attached hydrogen (secondary N) is 1. The van der Waals surface area contributed by atoms with Crippen LogP contribution in [0.2, 0.25) is 0 Å². The van der Waals surface area contributed by atoms with Gasteiger partial charge in [0.1, 0.15) is 5.82 Å². The van der Waals surface area contributed by atoms with Gasteiger partial charge in [-0.25, -0.2) is 4.98 Å². The molecule has 5 N–H and O–H groups in total. The van der Waals surface area contributed by atoms with Gasteiger partial charge in [0.25, 0.3) is 0 Å². The van der Waals surface area contributed by atoms with Gasteiger partial charge >= 0.3 is 0 Å². The molecule has 0 aliphatic heterocycles. The molecular formula is C11H20N4. The van der Waals surface area contributed by atoms with Gasteiger partial charge < -0.3 is 5.73 Å². The minimum Gasteiger partial charge on any atom is -0.384 e. The number of nitrogen functional groups attached to an aromatic ring is 1. The molecule has 4 nitrogen and oxygen atoms in total. The number of hydrazine groups is 1. The van der Waals surface area contributed by atoms with Gasteiger partial charge in [-0.05, 0) is 36.5 Å². The highest BCUT2D eigenvalue weighted by atomic mass is 15.2. The minimum atomic E-state index is 0.298. The van der Waals surface area contributed by atoms with Crippen molar-refractivity contribution in [2.24, 2.45) is 11.8 Å². The zero-order chi connectivity index (χ0) is 11.3. The lowest BCUT2D eigenvalue weighted by Crippen LogP contribution is -2.37. The third-order valence-electron chi connectivity index (χ3n) is 2.32. The van der Waals surface area contributed by atoms with Crippen molar-refractivity contribution in [3.05, 3.63) is 23.9 Å². The predicted molar refractivity (Wildman–Crippen MR) is 62.9 cm³/mol. The average molecular weight is 208 g/mol. The smallest absolute Gasteiger partial charge is 0.123 e. The van der Waals surface area contributed by atoms with Crippen molar-refractivity contribution in [3.8, 4) is 0 Å². The van der Waals surface area contributed by atoms with Crippen molar-refractivity contribution in [2.45, 2.75) is 32.7 Å². The minimum absolute atomic E-state index is 0.298. The Bertz CT molecular complexity index is 298. The summed E-state index contributed by atoms with van der Waals surface area (Å²) in [4.78, 5) is 3.96. The fraction of sp³-hybridized carbons (Fsp3) is 0.545. The number of nitrogens with two attached hydrogens (primary N) is 2. The molecule has 4 heteroatoms. The van der Waals surface area contributed by atoms with Crippen LogP contribution in [-0.2, 0) is 6.42 Å². The van der Waals surface area contributed by atoms with Gasteiger partial charge in [-0.3, -0.25) is 11.3 Å². The Morgan fingerprint density at radius 3 is 2.73 bits per heavy atom. The van der Waals surface area contributed by atoms with Gasteiger partial charge in [-0.1, -0.05) is 13.8 Å². The summed E-state index contributed by atoms with van der Waals surface area (Å²) in [5.41, 5.74) is 9.63. The molecule has 84 valence electrons. The van der Waals surface area contributed by atoms with E-state index < -0.39 is 0 Å². The highest BCUT2D eigenvalue weighted by Gasteiger charge is 2.09. The lowest BCUT2D eigenvalue weighted by Gasteiger charge is -2.17. The molecule has 0 aliphatic rings. The molecule has 0 radical (unpaired) electrons. The average Bonchev–Trinajstić information content (AvgIpc) is 2.16. The third-order valence-corrected chi connectivity index (χ3v) is 2.32. The van der Waals surface area contributed by atoms with E-state index in [1.165, 1.54) is 5.56 Å². The highest BCUT2D eigenvalue weighted by Crippen LogP contribution is 2.11. The molecule has 0 saturated carbocycles. The van der Waals surface area contributed by atoms with Crippen molar-refractivity contribution in [2.75, 3.05) is 5.73 Å². The normalized spacial score (nSPS) is 13.1. The van der Waals surface area contributed by atoms with Crippen LogP contribution in [-0.4, -0.2) is 11.0 Å². The summed E-state index contributed by atoms with van der Waals surface area (Å²) >= 11 is 0. The second kappa shape index (κ2) is 5.68. The summed E-state index contributed by atoms with van der Waals surface area (Å²) in [5.74, 6) is 6.70. The molecule has 0 saturated heterocycles. The number of hydrogen-bond donors (Lipinski definition) is 3. The summed E-state index contributed by atoms with van der Waals surface area (Å²) in [7, 11) is 0. The third kappa shape index (κ3) is 4.27. The molecule has 0 fully saturated rings. The van der Waals surface area contributed by atoms with Crippen LogP contribution < -0.4 is 17.0 Å². The second-order valence-corrected chi connectivity index (χ2v) is 4.29. The molecule has 15 heavy (non-hydrogen) atoms. The Morgan fingerprint density at radius 1 is 1.47 bits per heavy atom. The first-order valence-electron chi connectivity index (χ1n) is 5.28. The number of nitrogens with zero attached hydrogens (tertiary/aromatic N) is 1. The summed E-state index contributed by atoms with van der Waals surface area (Å²) < 4.78 is 0. The molecule has 0 aliphatic carbocycles. The lowest BCUT2D eigenvalue weighted by atomic mass is 9.98. The summed E-state index contributed by atoms with van der Waals surface area (Å²) in [6, 6.07) is 4.16. The van der Waals surface area contributed by atoms with Crippen LogP contribution >= 0.6 is 0 Å². The van der Waals surface area contributed by atoms with E-state index in [0.29, 0.717) is 17.8 Å². The fourth-order valence-electron chi connectivity index (χ4n) is 1.69. The van der Waals surface area contributed by atoms with Gasteiger partial charge in [-0.15, -0.1) is 0 Å². The van der Waals surface area contributed by atoms with E-state index in [1.54, 1.807) is 6.20 Å². The van der Waals surface area contributed by atoms with Crippen LogP contribution in [0.15, 0.2) is 18.3 Å². The van der Waals surface area contributed by atoms with Gasteiger partial charge in [0.05, 0.1) is 0 Å². The van der Waals surface area contributed by atoms with Gasteiger partial charge in [-0.2, -0.15) is 0 Å². The van der Waals surface area contributed by atoms with Gasteiger partial charge in [0.2, 0.25) is 0 Å². The van der Waals surface area contributed by atoms with E-state index in [0.717, 1.165) is 12.8 Å². The van der Waals surface area contributed by atoms with Crippen molar-refractivity contribution in [1.29, 1.82) is 0 Å². The predicted octanol–water partition coefficient (Wildman–Crippen LogP) is 1.08. The molecule has 0 bridgehead atoms. The maximum Gasteiger partial charge on any atom is 0.123 e. The number of anilines is 1. The van der Waals surface area contributed by atoms with E-state index in [-0.39, 0.29) is 0 Å². The van der Waals surface area contributed by atoms with Crippen molar-refractivity contribution < 1.29 is 0 Å². The second-order valence-electron chi connectivity index (χ2n) is 4.29. The quantitative estimate of drug-likeness (QED) is 0.500. The van der Waals surface area contributed by atoms with Crippen LogP contribution in [0.4, 0.5) is 5.82 Å². The maximum atomic E-state index is 5.61. The topological polar surface area (TPSA) is 77.0 Å². The number of rotatable bonds is 5. The lowest BCUT2D eigenvalue weighted by molar-refractivity contribution is 0.423. The van der Waals surface area contributed by atoms with Crippen LogP contribution in [0.3, 0.4) is 0 Å². The van der Waals surface area contributed by atoms with Crippen LogP contribution in [0.5, 0.6) is 0 Å². The molecule has 0 amide bonds. The number of hydrogen-bond acceptors (Lipinski definition) is 4. The summed E-state index contributed by atoms with van der Waals surface area (Å²) in [5, 5.41) is 0. The maximum absolute atomic E-state index is 5.61. The van der Waals surface area contributed by atoms with E-state index in [2.05, 4.69) is 24.3 Å². The van der Waals surface area contributed by atoms with Gasteiger partial charge in [0, 0.05) is 12.2 Å². The molecule has 1 heterocycles. The first-order valence-corrected chi connectivity index (χ1v) is 5.28. The fourth-order valence-corrected chi connectivity index (χ4v) is 1.69. The van der Waals surface area contributed by atoms with E-state index >= 15 is 0 Å². The van der Waals surface area contributed by atoms with E-state index in [9.17, 15) is 0 Å². The molecule has 1 unspecified atom stereocenters. The Balaban J connectivity index is 2.58. The standard InChI is InChI=1S/C11H20N4/c1-8(2)5-10(15-13)6-9-3-4-14-11(12)7-9/h3-4,7-8,10,15H,5-6,13H2,1-2H3,(H2,12,14). The van der Waals surface area contributed by atoms with Crippen LogP contribution in [0.25, 0.3) is 0 Å². The largest absolute Gasteiger partial charge is 0.384 e. The molecule has 1 aromatic heterocycles. The first kappa shape index (κ1) is 11.9. The Morgan fingerprint density at radius 2 is 2.20 bits per heavy atom. The SMILES string of the molecule is CC(C)CC(Cc1ccnc(N)c1)NN. The van der Waals surface area contributed by atoms with Crippen molar-refractivity contribution in [1.82, 2.24) is 10.4 Å². The molecular weight excluding hydrogens is 188 g/mol. The zero-order valence-electron chi connectivity index (χ0n) is 9.40. The van der Waals surface area contributed by atoms with E-state index in [1.807, 2.05) is 12.1 Å². The Labute approximate surface area is 91.0 Å². The Kier molecular flexibility index (Phi) is 4.52. The van der Waals surface area contributed by atoms with Crippen LogP contribution in [0.1, 0.15) is 25.8 Å².